The first-order valence-corrected chi connectivity index (χ1v) is 7.74. The Morgan fingerprint density at radius 3 is 2.22 bits per heavy atom. The zero-order valence-electron chi connectivity index (χ0n) is 11.4. The lowest BCUT2D eigenvalue weighted by Gasteiger charge is -2.06. The van der Waals surface area contributed by atoms with E-state index >= 15 is 0 Å². The molecule has 0 saturated heterocycles. The van der Waals surface area contributed by atoms with Crippen molar-refractivity contribution in [1.29, 1.82) is 5.26 Å². The topological polar surface area (TPSA) is 52.9 Å². The van der Waals surface area contributed by atoms with E-state index in [1.807, 2.05) is 6.07 Å². The number of hydrogen-bond acceptors (Lipinski definition) is 2. The maximum atomic E-state index is 12.2. The Morgan fingerprint density at radius 2 is 1.65 bits per heavy atom. The van der Waals surface area contributed by atoms with Crippen molar-refractivity contribution in [3.63, 3.8) is 0 Å². The van der Waals surface area contributed by atoms with Crippen LogP contribution in [0.15, 0.2) is 42.0 Å². The second kappa shape index (κ2) is 7.72. The Kier molecular flexibility index (Phi) is 5.92. The number of amides is 1. The molecule has 0 aliphatic heterocycles. The van der Waals surface area contributed by atoms with Gasteiger partial charge in [-0.25, -0.2) is 0 Å². The number of nitrogens with one attached hydrogen (secondary N) is 1. The first-order valence-electron chi connectivity index (χ1n) is 6.23. The van der Waals surface area contributed by atoms with Crippen LogP contribution in [0.2, 0.25) is 20.1 Å². The van der Waals surface area contributed by atoms with Crippen LogP contribution in [0, 0.1) is 11.3 Å². The van der Waals surface area contributed by atoms with Crippen molar-refractivity contribution >= 4 is 64.1 Å². The molecule has 2 aromatic carbocycles. The Balaban J connectivity index is 2.26. The van der Waals surface area contributed by atoms with Gasteiger partial charge in [0.15, 0.2) is 0 Å². The molecule has 0 atom stereocenters. The summed E-state index contributed by atoms with van der Waals surface area (Å²) in [6.07, 6.45) is 1.41. The van der Waals surface area contributed by atoms with E-state index in [1.165, 1.54) is 24.3 Å². The summed E-state index contributed by atoms with van der Waals surface area (Å²) in [6, 6.07) is 11.2. The van der Waals surface area contributed by atoms with Crippen LogP contribution in [0.4, 0.5) is 5.69 Å². The summed E-state index contributed by atoms with van der Waals surface area (Å²) >= 11 is 23.5. The van der Waals surface area contributed by atoms with E-state index in [9.17, 15) is 10.1 Å². The predicted octanol–water partition coefficient (Wildman–Crippen LogP) is 5.85. The molecule has 0 saturated carbocycles. The average Bonchev–Trinajstić information content (AvgIpc) is 2.47. The quantitative estimate of drug-likeness (QED) is 0.532. The minimum absolute atomic E-state index is 0.0977. The van der Waals surface area contributed by atoms with Crippen LogP contribution in [0.3, 0.4) is 0 Å². The second-order valence-corrected chi connectivity index (χ2v) is 6.14. The summed E-state index contributed by atoms with van der Waals surface area (Å²) in [7, 11) is 0. The number of benzene rings is 2. The standard InChI is InChI=1S/C16H8Cl4N2O/c17-11-5-12(18)7-13(6-11)22-16(23)10(8-21)3-9-1-2-14(19)15(20)4-9/h1-7H,(H,22,23)/b10-3+. The van der Waals surface area contributed by atoms with E-state index in [4.69, 9.17) is 46.4 Å². The third-order valence-corrected chi connectivity index (χ3v) is 3.92. The number of nitrogens with zero attached hydrogens (tertiary/aromatic N) is 1. The van der Waals surface area contributed by atoms with Gasteiger partial charge in [-0.05, 0) is 42.0 Å². The monoisotopic (exact) mass is 384 g/mol. The van der Waals surface area contributed by atoms with Gasteiger partial charge in [-0.1, -0.05) is 52.5 Å². The highest BCUT2D eigenvalue weighted by molar-refractivity contribution is 6.42. The molecule has 0 spiro atoms. The molecule has 0 unspecified atom stereocenters. The lowest BCUT2D eigenvalue weighted by molar-refractivity contribution is -0.112. The molecule has 7 heteroatoms. The van der Waals surface area contributed by atoms with Gasteiger partial charge in [0.05, 0.1) is 10.0 Å². The molecule has 0 bridgehead atoms. The maximum absolute atomic E-state index is 12.2. The van der Waals surface area contributed by atoms with E-state index in [2.05, 4.69) is 5.32 Å². The number of hydrogen-bond donors (Lipinski definition) is 1. The molecule has 0 heterocycles. The van der Waals surface area contributed by atoms with E-state index in [0.29, 0.717) is 31.3 Å². The van der Waals surface area contributed by atoms with Crippen molar-refractivity contribution in [1.82, 2.24) is 0 Å². The van der Waals surface area contributed by atoms with Gasteiger partial charge < -0.3 is 5.32 Å². The average molecular weight is 386 g/mol. The van der Waals surface area contributed by atoms with Crippen LogP contribution < -0.4 is 5.32 Å². The summed E-state index contributed by atoms with van der Waals surface area (Å²) in [5.41, 5.74) is 0.873. The molecular formula is C16H8Cl4N2O. The summed E-state index contributed by atoms with van der Waals surface area (Å²) in [5.74, 6) is -0.586. The number of nitriles is 1. The molecule has 0 aliphatic rings. The largest absolute Gasteiger partial charge is 0.321 e. The van der Waals surface area contributed by atoms with Crippen LogP contribution in [-0.2, 0) is 4.79 Å². The molecular weight excluding hydrogens is 378 g/mol. The third kappa shape index (κ3) is 4.89. The summed E-state index contributed by atoms with van der Waals surface area (Å²) < 4.78 is 0. The van der Waals surface area contributed by atoms with E-state index in [0.717, 1.165) is 0 Å². The Bertz CT molecular complexity index is 820. The number of carbonyl (C=O) groups excluding carboxylic acids is 1. The molecule has 116 valence electrons. The highest BCUT2D eigenvalue weighted by Gasteiger charge is 2.11. The molecule has 3 nitrogen and oxygen atoms in total. The second-order valence-electron chi connectivity index (χ2n) is 4.46. The number of anilines is 1. The van der Waals surface area contributed by atoms with E-state index in [-0.39, 0.29) is 5.57 Å². The molecule has 2 aromatic rings. The van der Waals surface area contributed by atoms with Crippen molar-refractivity contribution in [2.45, 2.75) is 0 Å². The smallest absolute Gasteiger partial charge is 0.266 e. The maximum Gasteiger partial charge on any atom is 0.266 e. The Labute approximate surface area is 153 Å². The molecule has 2 rings (SSSR count). The van der Waals surface area contributed by atoms with Crippen molar-refractivity contribution in [2.75, 3.05) is 5.32 Å². The zero-order valence-corrected chi connectivity index (χ0v) is 14.4. The van der Waals surface area contributed by atoms with Crippen LogP contribution in [-0.4, -0.2) is 5.91 Å². The minimum Gasteiger partial charge on any atom is -0.321 e. The molecule has 0 fully saturated rings. The Morgan fingerprint density at radius 1 is 1.00 bits per heavy atom. The lowest BCUT2D eigenvalue weighted by Crippen LogP contribution is -2.13. The SMILES string of the molecule is N#C/C(=C\c1ccc(Cl)c(Cl)c1)C(=O)Nc1cc(Cl)cc(Cl)c1. The Hall–Kier alpha value is -1.70. The summed E-state index contributed by atoms with van der Waals surface area (Å²) in [5, 5.41) is 13.2. The molecule has 1 N–H and O–H groups in total. The van der Waals surface area contributed by atoms with Crippen LogP contribution in [0.1, 0.15) is 5.56 Å². The van der Waals surface area contributed by atoms with E-state index < -0.39 is 5.91 Å². The fourth-order valence-corrected chi connectivity index (χ4v) is 2.57. The van der Waals surface area contributed by atoms with Crippen LogP contribution in [0.5, 0.6) is 0 Å². The highest BCUT2D eigenvalue weighted by atomic mass is 35.5. The number of rotatable bonds is 3. The van der Waals surface area contributed by atoms with Crippen molar-refractivity contribution in [3.05, 3.63) is 67.6 Å². The van der Waals surface area contributed by atoms with Gasteiger partial charge in [0.25, 0.3) is 5.91 Å². The lowest BCUT2D eigenvalue weighted by atomic mass is 10.1. The number of halogens is 4. The summed E-state index contributed by atoms with van der Waals surface area (Å²) in [6.45, 7) is 0. The van der Waals surface area contributed by atoms with Gasteiger partial charge in [-0.3, -0.25) is 4.79 Å². The first-order chi connectivity index (χ1) is 10.9. The highest BCUT2D eigenvalue weighted by Crippen LogP contribution is 2.25. The predicted molar refractivity (Wildman–Crippen MR) is 95.1 cm³/mol. The van der Waals surface area contributed by atoms with Crippen LogP contribution >= 0.6 is 46.4 Å². The van der Waals surface area contributed by atoms with E-state index in [1.54, 1.807) is 18.2 Å². The van der Waals surface area contributed by atoms with Crippen molar-refractivity contribution in [2.24, 2.45) is 0 Å². The summed E-state index contributed by atoms with van der Waals surface area (Å²) in [4.78, 5) is 12.2. The zero-order chi connectivity index (χ0) is 17.0. The van der Waals surface area contributed by atoms with Crippen molar-refractivity contribution < 1.29 is 4.79 Å². The van der Waals surface area contributed by atoms with Crippen LogP contribution in [0.25, 0.3) is 6.08 Å². The minimum atomic E-state index is -0.586. The molecule has 0 aromatic heterocycles. The van der Waals surface area contributed by atoms with Gasteiger partial charge in [-0.15, -0.1) is 0 Å². The van der Waals surface area contributed by atoms with Crippen molar-refractivity contribution in [3.8, 4) is 6.07 Å². The molecule has 0 radical (unpaired) electrons. The van der Waals surface area contributed by atoms with Gasteiger partial charge in [0.2, 0.25) is 0 Å². The normalized spacial score (nSPS) is 11.0. The number of carbonyl (C=O) groups is 1. The first kappa shape index (κ1) is 17.7. The van der Waals surface area contributed by atoms with Gasteiger partial charge in [-0.2, -0.15) is 5.26 Å². The fraction of sp³-hybridized carbons (Fsp3) is 0. The third-order valence-electron chi connectivity index (χ3n) is 2.74. The molecule has 0 aliphatic carbocycles. The molecule has 1 amide bonds. The van der Waals surface area contributed by atoms with Gasteiger partial charge in [0.1, 0.15) is 11.6 Å². The van der Waals surface area contributed by atoms with Gasteiger partial charge >= 0.3 is 0 Å². The fourth-order valence-electron chi connectivity index (χ4n) is 1.74. The molecule has 23 heavy (non-hydrogen) atoms. The van der Waals surface area contributed by atoms with Gasteiger partial charge in [0, 0.05) is 15.7 Å².